The van der Waals surface area contributed by atoms with E-state index in [1.54, 1.807) is 0 Å². The largest absolute Gasteiger partial charge is 0.378 e. The minimum absolute atomic E-state index is 0.0547. The molecule has 0 spiro atoms. The van der Waals surface area contributed by atoms with E-state index in [2.05, 4.69) is 200 Å². The van der Waals surface area contributed by atoms with Gasteiger partial charge in [-0.1, -0.05) is 37.8 Å². The molecule has 2 aliphatic heterocycles. The van der Waals surface area contributed by atoms with Gasteiger partial charge in [0, 0.05) is 78.3 Å². The van der Waals surface area contributed by atoms with Crippen molar-refractivity contribution in [1.82, 2.24) is 0 Å². The number of hydrogen-bond donors (Lipinski definition) is 0. The van der Waals surface area contributed by atoms with Gasteiger partial charge in [0.15, 0.2) is 5.71 Å². The highest BCUT2D eigenvalue weighted by atomic mass is 127. The standard InChI is InChI=1S/C40H44I2N3S/c1-39(2)32-24-28(41)14-20-34(32)44(7)36(39)22-12-26-10-9-11-27(38(26)46-31-18-16-30(17-19-31)43(5)6)13-23-37-40(3,4)33-25-29(42)15-21-35(33)45(37)8/h12-25H,9-11H2,1-8H3/q+1. The van der Waals surface area contributed by atoms with Crippen molar-refractivity contribution in [3.8, 4) is 0 Å². The molecule has 0 unspecified atom stereocenters. The van der Waals surface area contributed by atoms with Crippen LogP contribution in [0.3, 0.4) is 0 Å². The molecule has 0 atom stereocenters. The van der Waals surface area contributed by atoms with Gasteiger partial charge in [-0.25, -0.2) is 0 Å². The van der Waals surface area contributed by atoms with Crippen molar-refractivity contribution in [3.63, 3.8) is 0 Å². The summed E-state index contributed by atoms with van der Waals surface area (Å²) < 4.78 is 4.96. The summed E-state index contributed by atoms with van der Waals surface area (Å²) in [6, 6.07) is 22.7. The van der Waals surface area contributed by atoms with Crippen LogP contribution in [0.4, 0.5) is 17.1 Å². The Bertz CT molecular complexity index is 1860. The maximum absolute atomic E-state index is 2.43. The van der Waals surface area contributed by atoms with Gasteiger partial charge in [-0.3, -0.25) is 0 Å². The van der Waals surface area contributed by atoms with E-state index >= 15 is 0 Å². The predicted octanol–water partition coefficient (Wildman–Crippen LogP) is 11.0. The summed E-state index contributed by atoms with van der Waals surface area (Å²) in [5.74, 6) is 0. The zero-order valence-corrected chi connectivity index (χ0v) is 33.3. The maximum atomic E-state index is 2.43. The number of rotatable bonds is 6. The highest BCUT2D eigenvalue weighted by molar-refractivity contribution is 14.1. The molecule has 0 bridgehead atoms. The van der Waals surface area contributed by atoms with Crippen LogP contribution in [-0.2, 0) is 10.8 Å². The van der Waals surface area contributed by atoms with Crippen LogP contribution < -0.4 is 9.80 Å². The number of anilines is 2. The molecule has 3 nitrogen and oxygen atoms in total. The molecule has 46 heavy (non-hydrogen) atoms. The lowest BCUT2D eigenvalue weighted by Gasteiger charge is -2.25. The molecule has 0 aromatic heterocycles. The second-order valence-corrected chi connectivity index (χ2v) is 17.4. The smallest absolute Gasteiger partial charge is 0.209 e. The first kappa shape index (κ1) is 33.6. The first-order chi connectivity index (χ1) is 21.8. The van der Waals surface area contributed by atoms with E-state index in [1.807, 2.05) is 11.8 Å². The first-order valence-corrected chi connectivity index (χ1v) is 19.0. The predicted molar refractivity (Wildman–Crippen MR) is 216 cm³/mol. The topological polar surface area (TPSA) is 9.49 Å². The van der Waals surface area contributed by atoms with E-state index in [-0.39, 0.29) is 10.8 Å². The maximum Gasteiger partial charge on any atom is 0.209 e. The number of fused-ring (bicyclic) bond motifs is 2. The quantitative estimate of drug-likeness (QED) is 0.181. The van der Waals surface area contributed by atoms with E-state index in [0.29, 0.717) is 0 Å². The van der Waals surface area contributed by atoms with Crippen molar-refractivity contribution in [2.24, 2.45) is 0 Å². The number of likely N-dealkylation sites (N-methyl/N-ethyl adjacent to an activating group) is 1. The van der Waals surface area contributed by atoms with Crippen molar-refractivity contribution >= 4 is 79.7 Å². The summed E-state index contributed by atoms with van der Waals surface area (Å²) >= 11 is 6.79. The number of benzene rings is 3. The van der Waals surface area contributed by atoms with Crippen molar-refractivity contribution in [2.75, 3.05) is 38.0 Å². The van der Waals surface area contributed by atoms with Crippen LogP contribution in [0.5, 0.6) is 0 Å². The van der Waals surface area contributed by atoms with Crippen molar-refractivity contribution in [3.05, 3.63) is 125 Å². The normalized spacial score (nSPS) is 20.3. The zero-order chi connectivity index (χ0) is 33.0. The van der Waals surface area contributed by atoms with Crippen LogP contribution in [0.1, 0.15) is 58.1 Å². The minimum Gasteiger partial charge on any atom is -0.378 e. The van der Waals surface area contributed by atoms with Crippen LogP contribution >= 0.6 is 56.9 Å². The third kappa shape index (κ3) is 6.18. The summed E-state index contributed by atoms with van der Waals surface area (Å²) in [4.78, 5) is 7.22. The summed E-state index contributed by atoms with van der Waals surface area (Å²) in [6.45, 7) is 9.44. The van der Waals surface area contributed by atoms with Crippen LogP contribution in [0, 0.1) is 7.14 Å². The SMILES string of the molecule is CN(C)c1ccc(SC2=C(/C=C/C3=[N+](C)c4ccc(I)cc4C3(C)C)CCC/C2=C\C=C2/N(C)c3ccc(I)cc3C2(C)C)cc1. The number of thioether (sulfide) groups is 1. The van der Waals surface area contributed by atoms with Crippen molar-refractivity contribution < 1.29 is 4.58 Å². The van der Waals surface area contributed by atoms with E-state index in [0.717, 1.165) is 19.3 Å². The van der Waals surface area contributed by atoms with Crippen molar-refractivity contribution in [1.29, 1.82) is 0 Å². The summed E-state index contributed by atoms with van der Waals surface area (Å²) in [5.41, 5.74) is 12.1. The monoisotopic (exact) mass is 852 g/mol. The highest BCUT2D eigenvalue weighted by Crippen LogP contribution is 2.48. The first-order valence-electron chi connectivity index (χ1n) is 16.0. The molecule has 0 saturated carbocycles. The summed E-state index contributed by atoms with van der Waals surface area (Å²) in [6.07, 6.45) is 13.0. The average Bonchev–Trinajstić information content (AvgIpc) is 3.32. The second-order valence-electron chi connectivity index (χ2n) is 13.9. The Hall–Kier alpha value is -2.30. The van der Waals surface area contributed by atoms with Gasteiger partial charge >= 0.3 is 0 Å². The van der Waals surface area contributed by atoms with Crippen LogP contribution in [0.25, 0.3) is 0 Å². The van der Waals surface area contributed by atoms with Crippen LogP contribution in [0.2, 0.25) is 0 Å². The molecule has 3 aliphatic rings. The molecular formula is C40H44I2N3S+. The van der Waals surface area contributed by atoms with E-state index in [9.17, 15) is 0 Å². The Morgan fingerprint density at radius 3 is 2.20 bits per heavy atom. The van der Waals surface area contributed by atoms with Gasteiger partial charge in [0.2, 0.25) is 5.69 Å². The lowest BCUT2D eigenvalue weighted by Crippen LogP contribution is -2.26. The van der Waals surface area contributed by atoms with Gasteiger partial charge in [0.05, 0.1) is 5.41 Å². The Balaban J connectivity index is 1.42. The molecule has 0 amide bonds. The third-order valence-corrected chi connectivity index (χ3v) is 12.5. The molecule has 1 aliphatic carbocycles. The molecule has 0 fully saturated rings. The van der Waals surface area contributed by atoms with Gasteiger partial charge in [-0.15, -0.1) is 0 Å². The van der Waals surface area contributed by atoms with Crippen LogP contribution in [0.15, 0.2) is 112 Å². The average molecular weight is 853 g/mol. The fourth-order valence-corrected chi connectivity index (χ4v) is 9.35. The Labute approximate surface area is 307 Å². The molecule has 238 valence electrons. The molecule has 2 heterocycles. The molecule has 6 heteroatoms. The number of hydrogen-bond acceptors (Lipinski definition) is 3. The highest BCUT2D eigenvalue weighted by Gasteiger charge is 2.43. The van der Waals surface area contributed by atoms with Gasteiger partial charge in [-0.2, -0.15) is 4.58 Å². The molecule has 0 N–H and O–H groups in total. The van der Waals surface area contributed by atoms with Crippen LogP contribution in [-0.4, -0.2) is 38.5 Å². The molecule has 3 aromatic rings. The molecule has 3 aromatic carbocycles. The number of halogens is 2. The summed E-state index contributed by atoms with van der Waals surface area (Å²) in [5, 5.41) is 0. The summed E-state index contributed by atoms with van der Waals surface area (Å²) in [7, 11) is 8.63. The minimum atomic E-state index is -0.0547. The van der Waals surface area contributed by atoms with E-state index < -0.39 is 0 Å². The second kappa shape index (κ2) is 13.0. The van der Waals surface area contributed by atoms with E-state index in [4.69, 9.17) is 0 Å². The molecule has 6 rings (SSSR count). The van der Waals surface area contributed by atoms with Crippen molar-refractivity contribution in [2.45, 2.75) is 62.7 Å². The molecule has 0 radical (unpaired) electrons. The third-order valence-electron chi connectivity index (χ3n) is 9.92. The van der Waals surface area contributed by atoms with E-state index in [1.165, 1.54) is 67.7 Å². The fraction of sp³-hybridized carbons (Fsp3) is 0.325. The lowest BCUT2D eigenvalue weighted by molar-refractivity contribution is -0.401. The number of nitrogens with zero attached hydrogens (tertiary/aromatic N) is 3. The fourth-order valence-electron chi connectivity index (χ4n) is 7.26. The Kier molecular flexibility index (Phi) is 9.46. The molecular weight excluding hydrogens is 808 g/mol. The molecule has 0 saturated heterocycles. The number of allylic oxidation sites excluding steroid dienone is 7. The van der Waals surface area contributed by atoms with Gasteiger partial charge in [0.1, 0.15) is 7.05 Å². The van der Waals surface area contributed by atoms with Gasteiger partial charge in [-0.05, 0) is 156 Å². The Morgan fingerprint density at radius 1 is 0.826 bits per heavy atom. The van der Waals surface area contributed by atoms with Gasteiger partial charge < -0.3 is 9.80 Å². The Morgan fingerprint density at radius 2 is 1.50 bits per heavy atom. The van der Waals surface area contributed by atoms with Gasteiger partial charge in [0.25, 0.3) is 0 Å². The zero-order valence-electron chi connectivity index (χ0n) is 28.2. The lowest BCUT2D eigenvalue weighted by atomic mass is 9.81.